The number of aromatic hydroxyl groups is 1. The third kappa shape index (κ3) is 25.4. The van der Waals surface area contributed by atoms with Gasteiger partial charge in [-0.15, -0.1) is 0 Å². The highest BCUT2D eigenvalue weighted by molar-refractivity contribution is 9.11. The first kappa shape index (κ1) is 107. The average Bonchev–Trinajstić information content (AvgIpc) is 1.11. The van der Waals surface area contributed by atoms with Crippen molar-refractivity contribution in [2.75, 3.05) is 5.73 Å². The topological polar surface area (TPSA) is 298 Å². The number of hydrogen-bond acceptors (Lipinski definition) is 20. The molecular weight excluding hydrogens is 2120 g/mol. The maximum Gasteiger partial charge on any atom is 0.494 e. The molecule has 21 nitrogen and oxygen atoms in total. The molecule has 0 atom stereocenters. The summed E-state index contributed by atoms with van der Waals surface area (Å²) in [4.78, 5) is 68.6. The summed E-state index contributed by atoms with van der Waals surface area (Å²) >= 11 is 12.7. The predicted molar refractivity (Wildman–Crippen MR) is 542 cm³/mol. The van der Waals surface area contributed by atoms with Gasteiger partial charge in [-0.1, -0.05) is 121 Å². The Morgan fingerprint density at radius 3 is 1.26 bits per heavy atom. The minimum Gasteiger partial charge on any atom is -0.507 e. The molecule has 0 radical (unpaired) electrons. The number of nitrogen functional groups attached to an aromatic ring is 1. The molecule has 7 aromatic heterocycles. The lowest BCUT2D eigenvalue weighted by Crippen LogP contribution is -2.41. The largest absolute Gasteiger partial charge is 0.507 e. The van der Waals surface area contributed by atoms with Gasteiger partial charge in [0.2, 0.25) is 21.7 Å². The summed E-state index contributed by atoms with van der Waals surface area (Å²) in [6.07, 6.45) is 1.18. The maximum absolute atomic E-state index is 14.1. The van der Waals surface area contributed by atoms with E-state index in [0.29, 0.717) is 101 Å². The van der Waals surface area contributed by atoms with E-state index < -0.39 is 81.5 Å². The fourth-order valence-corrected chi connectivity index (χ4v) is 15.8. The summed E-state index contributed by atoms with van der Waals surface area (Å²) < 4.78 is 191. The van der Waals surface area contributed by atoms with E-state index in [2.05, 4.69) is 83.9 Å². The van der Waals surface area contributed by atoms with Crippen molar-refractivity contribution in [2.45, 2.75) is 130 Å². The highest BCUT2D eigenvalue weighted by Gasteiger charge is 2.52. The first-order chi connectivity index (χ1) is 67.4. The molecule has 36 heteroatoms. The van der Waals surface area contributed by atoms with Crippen LogP contribution in [0.1, 0.15) is 98.0 Å². The first-order valence-corrected chi connectivity index (χ1v) is 47.3. The number of aromatic amines is 1. The van der Waals surface area contributed by atoms with Crippen molar-refractivity contribution in [1.29, 1.82) is 0 Å². The van der Waals surface area contributed by atoms with E-state index in [1.165, 1.54) is 152 Å². The number of rotatable bonds is 13. The van der Waals surface area contributed by atoms with Crippen LogP contribution in [0.25, 0.3) is 111 Å². The highest BCUT2D eigenvalue weighted by atomic mass is 79.9. The number of anilines is 1. The van der Waals surface area contributed by atoms with Crippen LogP contribution in [0.4, 0.5) is 49.7 Å². The fraction of sp³-hybridized carbons (Fsp3) is 0.189. The van der Waals surface area contributed by atoms with Crippen LogP contribution in [0.15, 0.2) is 286 Å². The molecule has 8 heterocycles. The Balaban J connectivity index is 0.000000146. The lowest BCUT2D eigenvalue weighted by molar-refractivity contribution is 0.00578. The van der Waals surface area contributed by atoms with E-state index in [4.69, 9.17) is 51.3 Å². The summed E-state index contributed by atoms with van der Waals surface area (Å²) in [6.45, 7) is 23.9. The van der Waals surface area contributed by atoms with Gasteiger partial charge in [-0.05, 0) is 274 Å². The Hall–Kier alpha value is -13.8. The van der Waals surface area contributed by atoms with Crippen LogP contribution in [0.2, 0.25) is 0 Å². The monoisotopic (exact) mass is 2200 g/mol. The van der Waals surface area contributed by atoms with Crippen LogP contribution in [-0.4, -0.2) is 61.9 Å². The number of nitrogens with two attached hydrogens (primary N) is 1. The number of nitrogens with zero attached hydrogens (tertiary/aromatic N) is 3. The molecule has 4 N–H and O–H groups in total. The minimum absolute atomic E-state index is 0.000625. The Morgan fingerprint density at radius 2 is 0.803 bits per heavy atom. The second-order valence-electron chi connectivity index (χ2n) is 33.3. The number of benzene rings is 11. The number of alkyl halides is 2. The summed E-state index contributed by atoms with van der Waals surface area (Å²) in [6, 6.07) is 54.1. The van der Waals surface area contributed by atoms with Gasteiger partial charge < -0.3 is 56.4 Å². The SMILES string of the molecule is CC(C)Oc1ccc(-c2[nH]nc3ncnc(N)c23)cc1F.CC(C)Oc1ccc(B2OC(C)(C)C(C)(C)O2)cc1F.CC(C)Oc1ccc(Br)cc1F.Cc1cc(=O)c2c(F)cccc2o1.Cc1oc2cccc(F)c2c(=O)c1-c1cccc(F)c1.Cc1oc2cccc(F)c2c(=O)c1Br.O=c1c(-c2cccc(F)c2)c(CBr)oc2cccc(F)c12.O=c1c(-c2cccc(F)c2)c(CBr)oc2cccc(O)c12. The number of nitrogens with one attached hydrogen (secondary N) is 1. The van der Waals surface area contributed by atoms with Crippen molar-refractivity contribution in [1.82, 2.24) is 20.2 Å². The number of aromatic nitrogens is 4. The third-order valence-electron chi connectivity index (χ3n) is 21.4. The number of phenols is 1. The van der Waals surface area contributed by atoms with Crippen LogP contribution < -0.4 is 52.6 Å². The zero-order valence-corrected chi connectivity index (χ0v) is 84.3. The van der Waals surface area contributed by atoms with E-state index in [9.17, 15) is 73.0 Å². The third-order valence-corrected chi connectivity index (χ3v) is 23.8. The smallest absolute Gasteiger partial charge is 0.494 e. The van der Waals surface area contributed by atoms with Crippen molar-refractivity contribution in [2.24, 2.45) is 0 Å². The van der Waals surface area contributed by atoms with Gasteiger partial charge in [0.05, 0.1) is 67.9 Å². The molecule has 1 saturated heterocycles. The van der Waals surface area contributed by atoms with Crippen molar-refractivity contribution in [3.63, 3.8) is 0 Å². The molecule has 0 unspecified atom stereocenters. The molecule has 19 rings (SSSR count). The summed E-state index contributed by atoms with van der Waals surface area (Å²) in [5, 5.41) is 17.8. The Bertz CT molecular complexity index is 7880. The molecule has 0 aliphatic carbocycles. The zero-order valence-electron chi connectivity index (χ0n) is 77.9. The molecule has 18 aromatic rings. The van der Waals surface area contributed by atoms with Crippen LogP contribution in [0.3, 0.4) is 0 Å². The fourth-order valence-electron chi connectivity index (χ4n) is 14.4. The van der Waals surface area contributed by atoms with Gasteiger partial charge in [-0.3, -0.25) is 29.1 Å². The maximum atomic E-state index is 14.1. The van der Waals surface area contributed by atoms with Crippen LogP contribution in [0.5, 0.6) is 23.0 Å². The lowest BCUT2D eigenvalue weighted by atomic mass is 9.79. The summed E-state index contributed by atoms with van der Waals surface area (Å²) in [7, 11) is -0.553. The average molecular weight is 2210 g/mol. The van der Waals surface area contributed by atoms with Gasteiger partial charge in [-0.25, -0.2) is 53.9 Å². The van der Waals surface area contributed by atoms with Gasteiger partial charge in [0.25, 0.3) is 0 Å². The van der Waals surface area contributed by atoms with Crippen LogP contribution in [-0.2, 0) is 20.0 Å². The molecule has 142 heavy (non-hydrogen) atoms. The van der Waals surface area contributed by atoms with E-state index in [1.54, 1.807) is 99.6 Å². The van der Waals surface area contributed by atoms with E-state index >= 15 is 0 Å². The highest BCUT2D eigenvalue weighted by Crippen LogP contribution is 2.39. The first-order valence-electron chi connectivity index (χ1n) is 43.4. The van der Waals surface area contributed by atoms with Crippen molar-refractivity contribution < 1.29 is 94.6 Å². The molecule has 1 fully saturated rings. The predicted octanol–water partition coefficient (Wildman–Crippen LogP) is 26.9. The second kappa shape index (κ2) is 46.8. The van der Waals surface area contributed by atoms with Gasteiger partial charge in [-0.2, -0.15) is 5.10 Å². The van der Waals surface area contributed by atoms with Gasteiger partial charge >= 0.3 is 7.12 Å². The molecule has 0 amide bonds. The van der Waals surface area contributed by atoms with Crippen LogP contribution in [0, 0.1) is 78.9 Å². The second-order valence-corrected chi connectivity index (χ2v) is 36.1. The lowest BCUT2D eigenvalue weighted by Gasteiger charge is -2.32. The molecule has 0 bridgehead atoms. The van der Waals surface area contributed by atoms with Gasteiger partial charge in [0.15, 0.2) is 45.8 Å². The Morgan fingerprint density at radius 1 is 0.408 bits per heavy atom. The molecule has 734 valence electrons. The number of fused-ring (bicyclic) bond motifs is 6. The number of aryl methyl sites for hydroxylation is 3. The molecular formula is C106H88BBr4F10N5O16. The minimum atomic E-state index is -0.653. The zero-order chi connectivity index (χ0) is 103. The van der Waals surface area contributed by atoms with E-state index in [0.717, 1.165) is 4.47 Å². The molecule has 11 aromatic carbocycles. The van der Waals surface area contributed by atoms with Crippen LogP contribution >= 0.6 is 63.7 Å². The summed E-state index contributed by atoms with van der Waals surface area (Å²) in [5.74, 6) is -2.04. The van der Waals surface area contributed by atoms with Crippen molar-refractivity contribution in [3.8, 4) is 67.6 Å². The number of phenolic OH excluding ortho intramolecular Hbond substituents is 1. The number of hydrogen-bond donors (Lipinski definition) is 3. The summed E-state index contributed by atoms with van der Waals surface area (Å²) in [5.41, 5.74) is 8.19. The number of H-pyrrole nitrogens is 1. The van der Waals surface area contributed by atoms with Crippen molar-refractivity contribution in [3.05, 3.63) is 378 Å². The standard InChI is InChI=1S/C16H9BrF2O2.C16H10BrFO3.C16H10F2O2.C15H22BFO3.C14H14FN5O.C10H6BrFO2.C10H7FO2.C9H10BrFO/c2*17-8-13-14(9-3-1-4-10(18)7-9)16(20)15-11(19)5-2-6-12(15)21-13;1-9-14(10-4-2-5-11(17)8-10)16(19)15-12(18)6-3-7-13(15)20-9;1-10(2)18-13-8-7-11(9-12(13)17)16-19-14(3,4)15(5,6)20-16;1-7(2)21-10-4-3-8(5-9(10)15)12-11-13(16)17-6-18-14(11)20-19-12;1-5-9(11)10(13)8-6(12)3-2-4-7(8)14-5;1-6-5-8(12)10-7(11)3-2-4-9(10)13-6;1-6(2)12-9-4-3-7(10)5-8(9)11/h1-7H,8H2;1-7,19H,8H2;2-8H,1H3;7-10H,1-6H3;3-7H,1-2H3,(H3,16,17,18,19,20);2-4H,1H3;2-5H,1H3;3-6H,1-2H3. The Labute approximate surface area is 838 Å². The Kier molecular flexibility index (Phi) is 35.3. The molecule has 1 aliphatic rings. The quantitative estimate of drug-likeness (QED) is 0.0549. The van der Waals surface area contributed by atoms with E-state index in [1.807, 2.05) is 69.2 Å². The normalized spacial score (nSPS) is 12.3. The molecule has 1 aliphatic heterocycles. The van der Waals surface area contributed by atoms with Crippen molar-refractivity contribution >= 4 is 148 Å². The molecule has 0 saturated carbocycles. The van der Waals surface area contributed by atoms with Gasteiger partial charge in [0, 0.05) is 16.1 Å². The number of halogens is 14. The van der Waals surface area contributed by atoms with E-state index in [-0.39, 0.29) is 128 Å². The van der Waals surface area contributed by atoms with Gasteiger partial charge in [0.1, 0.15) is 147 Å². The molecule has 0 spiro atoms. The number of ether oxygens (including phenoxy) is 3.